The average molecular weight is 391 g/mol. The topological polar surface area (TPSA) is 70.8 Å². The van der Waals surface area contributed by atoms with E-state index in [0.717, 1.165) is 11.1 Å². The van der Waals surface area contributed by atoms with Gasteiger partial charge in [0.25, 0.3) is 0 Å². The molecule has 3 rings (SSSR count). The Labute approximate surface area is 171 Å². The molecule has 0 radical (unpaired) electrons. The van der Waals surface area contributed by atoms with E-state index in [1.54, 1.807) is 25.3 Å². The van der Waals surface area contributed by atoms with Gasteiger partial charge in [0.2, 0.25) is 0 Å². The molecular weight excluding hydrogens is 366 g/mol. The van der Waals surface area contributed by atoms with Crippen LogP contribution >= 0.6 is 0 Å². The molecule has 0 aliphatic carbocycles. The van der Waals surface area contributed by atoms with Gasteiger partial charge in [0, 0.05) is 17.2 Å². The number of nitrogens with two attached hydrogens (primary N) is 1. The fraction of sp³-hybridized carbons (Fsp3) is 0.208. The first-order chi connectivity index (χ1) is 14.0. The van der Waals surface area contributed by atoms with Gasteiger partial charge in [-0.1, -0.05) is 48.5 Å². The van der Waals surface area contributed by atoms with Crippen molar-refractivity contribution in [2.75, 3.05) is 7.11 Å². The van der Waals surface area contributed by atoms with Crippen LogP contribution in [0.25, 0.3) is 0 Å². The highest BCUT2D eigenvalue weighted by molar-refractivity contribution is 5.96. The van der Waals surface area contributed by atoms with Crippen molar-refractivity contribution in [1.82, 2.24) is 0 Å². The average Bonchev–Trinajstić information content (AvgIpc) is 2.73. The maximum Gasteiger partial charge on any atom is 0.347 e. The van der Waals surface area contributed by atoms with E-state index in [1.165, 1.54) is 0 Å². The van der Waals surface area contributed by atoms with Crippen molar-refractivity contribution in [2.45, 2.75) is 26.5 Å². The molecule has 5 nitrogen and oxygen atoms in total. The van der Waals surface area contributed by atoms with Gasteiger partial charge in [-0.25, -0.2) is 4.79 Å². The third-order valence-electron chi connectivity index (χ3n) is 4.60. The van der Waals surface area contributed by atoms with Crippen molar-refractivity contribution < 1.29 is 19.0 Å². The number of esters is 1. The maximum absolute atomic E-state index is 13.0. The van der Waals surface area contributed by atoms with E-state index >= 15 is 0 Å². The van der Waals surface area contributed by atoms with Gasteiger partial charge in [0.05, 0.1) is 7.11 Å². The van der Waals surface area contributed by atoms with Crippen LogP contribution in [0.1, 0.15) is 40.0 Å². The predicted molar refractivity (Wildman–Crippen MR) is 113 cm³/mol. The zero-order valence-corrected chi connectivity index (χ0v) is 16.8. The number of carbonyl (C=O) groups is 1. The minimum atomic E-state index is -0.508. The molecule has 0 unspecified atom stereocenters. The van der Waals surface area contributed by atoms with Gasteiger partial charge in [0.1, 0.15) is 29.4 Å². The summed E-state index contributed by atoms with van der Waals surface area (Å²) in [6, 6.07) is 20.2. The van der Waals surface area contributed by atoms with Crippen molar-refractivity contribution in [3.05, 3.63) is 89.0 Å². The fourth-order valence-electron chi connectivity index (χ4n) is 3.15. The van der Waals surface area contributed by atoms with E-state index in [9.17, 15) is 4.79 Å². The smallest absolute Gasteiger partial charge is 0.347 e. The summed E-state index contributed by atoms with van der Waals surface area (Å²) >= 11 is 0. The van der Waals surface area contributed by atoms with Crippen LogP contribution in [0.3, 0.4) is 0 Å². The molecule has 0 saturated carbocycles. The van der Waals surface area contributed by atoms with Gasteiger partial charge in [-0.2, -0.15) is 0 Å². The zero-order valence-electron chi connectivity index (χ0n) is 16.8. The Morgan fingerprint density at radius 1 is 1.03 bits per heavy atom. The van der Waals surface area contributed by atoms with E-state index < -0.39 is 5.97 Å². The lowest BCUT2D eigenvalue weighted by Gasteiger charge is -2.20. The molecule has 3 aromatic rings. The van der Waals surface area contributed by atoms with Gasteiger partial charge >= 0.3 is 5.97 Å². The fourth-order valence-corrected chi connectivity index (χ4v) is 3.15. The van der Waals surface area contributed by atoms with Crippen molar-refractivity contribution >= 4 is 5.97 Å². The van der Waals surface area contributed by atoms with Crippen LogP contribution in [0.2, 0.25) is 0 Å². The highest BCUT2D eigenvalue weighted by Gasteiger charge is 2.25. The summed E-state index contributed by atoms with van der Waals surface area (Å²) in [6.07, 6.45) is 0. The van der Waals surface area contributed by atoms with Gasteiger partial charge in [-0.05, 0) is 37.6 Å². The molecule has 0 aliphatic heterocycles. The van der Waals surface area contributed by atoms with E-state index in [-0.39, 0.29) is 6.04 Å². The number of methoxy groups -OCH3 is 1. The second kappa shape index (κ2) is 9.26. The molecular formula is C24H25NO4. The summed E-state index contributed by atoms with van der Waals surface area (Å²) < 4.78 is 17.2. The minimum Gasteiger partial charge on any atom is -0.496 e. The summed E-state index contributed by atoms with van der Waals surface area (Å²) in [4.78, 5) is 13.0. The number of rotatable bonds is 7. The monoisotopic (exact) mass is 391 g/mol. The molecule has 2 N–H and O–H groups in total. The lowest BCUT2D eigenvalue weighted by Crippen LogP contribution is -2.16. The predicted octanol–water partition coefficient (Wildman–Crippen LogP) is 4.82. The Hall–Kier alpha value is -3.31. The Morgan fingerprint density at radius 2 is 1.66 bits per heavy atom. The largest absolute Gasteiger partial charge is 0.496 e. The summed E-state index contributed by atoms with van der Waals surface area (Å²) in [5, 5.41) is 0. The molecule has 0 heterocycles. The van der Waals surface area contributed by atoms with Gasteiger partial charge in [-0.15, -0.1) is 0 Å². The first-order valence-electron chi connectivity index (χ1n) is 9.42. The number of para-hydroxylation sites is 1. The Morgan fingerprint density at radius 3 is 2.24 bits per heavy atom. The maximum atomic E-state index is 13.0. The minimum absolute atomic E-state index is 0.290. The Balaban J connectivity index is 2.02. The van der Waals surface area contributed by atoms with Crippen LogP contribution in [0.5, 0.6) is 17.2 Å². The van der Waals surface area contributed by atoms with Crippen molar-refractivity contribution in [2.24, 2.45) is 5.73 Å². The highest BCUT2D eigenvalue weighted by Crippen LogP contribution is 2.37. The molecule has 1 atom stereocenters. The van der Waals surface area contributed by atoms with Crippen LogP contribution in [-0.2, 0) is 6.61 Å². The van der Waals surface area contributed by atoms with Crippen LogP contribution in [-0.4, -0.2) is 13.1 Å². The molecule has 5 heteroatoms. The molecule has 0 aliphatic rings. The third-order valence-corrected chi connectivity index (χ3v) is 4.60. The van der Waals surface area contributed by atoms with Gasteiger partial charge < -0.3 is 19.9 Å². The third kappa shape index (κ3) is 4.76. The molecule has 3 aromatic carbocycles. The van der Waals surface area contributed by atoms with E-state index in [2.05, 4.69) is 0 Å². The molecule has 29 heavy (non-hydrogen) atoms. The number of benzene rings is 3. The summed E-state index contributed by atoms with van der Waals surface area (Å²) in [6.45, 7) is 3.98. The van der Waals surface area contributed by atoms with Crippen LogP contribution < -0.4 is 19.9 Å². The van der Waals surface area contributed by atoms with Crippen LogP contribution in [0.15, 0.2) is 66.7 Å². The summed E-state index contributed by atoms with van der Waals surface area (Å²) in [5.41, 5.74) is 8.85. The van der Waals surface area contributed by atoms with Crippen LogP contribution in [0, 0.1) is 6.92 Å². The first kappa shape index (κ1) is 20.4. The summed E-state index contributed by atoms with van der Waals surface area (Å²) in [5.74, 6) is 0.930. The highest BCUT2D eigenvalue weighted by atomic mass is 16.5. The van der Waals surface area contributed by atoms with E-state index in [1.807, 2.05) is 62.4 Å². The van der Waals surface area contributed by atoms with Gasteiger partial charge in [0.15, 0.2) is 0 Å². The molecule has 0 saturated heterocycles. The number of hydrogen-bond acceptors (Lipinski definition) is 5. The second-order valence-corrected chi connectivity index (χ2v) is 6.76. The van der Waals surface area contributed by atoms with E-state index in [4.69, 9.17) is 19.9 Å². The lowest BCUT2D eigenvalue weighted by molar-refractivity contribution is 0.0728. The Kier molecular flexibility index (Phi) is 6.52. The summed E-state index contributed by atoms with van der Waals surface area (Å²) in [7, 11) is 1.56. The molecule has 0 spiro atoms. The van der Waals surface area contributed by atoms with Crippen molar-refractivity contribution in [3.8, 4) is 17.2 Å². The normalized spacial score (nSPS) is 11.6. The van der Waals surface area contributed by atoms with Crippen molar-refractivity contribution in [1.29, 1.82) is 0 Å². The second-order valence-electron chi connectivity index (χ2n) is 6.76. The van der Waals surface area contributed by atoms with Crippen LogP contribution in [0.4, 0.5) is 0 Å². The quantitative estimate of drug-likeness (QED) is 0.462. The number of ether oxygens (including phenoxy) is 3. The molecule has 150 valence electrons. The SMILES string of the molecule is COc1c([C@H](C)N)cc(OCc2ccccc2)c(C(=O)Oc2ccccc2)c1C. The molecule has 0 aromatic heterocycles. The standard InChI is InChI=1S/C24H25NO4/c1-16-22(24(26)29-19-12-8-5-9-13-19)21(14-20(17(2)25)23(16)27-3)28-15-18-10-6-4-7-11-18/h4-14,17H,15,25H2,1-3H3/t17-/m0/s1. The first-order valence-corrected chi connectivity index (χ1v) is 9.42. The number of hydrogen-bond donors (Lipinski definition) is 1. The van der Waals surface area contributed by atoms with E-state index in [0.29, 0.717) is 35.0 Å². The lowest BCUT2D eigenvalue weighted by atomic mass is 9.98. The molecule has 0 bridgehead atoms. The Bertz CT molecular complexity index is 969. The van der Waals surface area contributed by atoms with Gasteiger partial charge in [-0.3, -0.25) is 0 Å². The zero-order chi connectivity index (χ0) is 20.8. The molecule has 0 amide bonds. The van der Waals surface area contributed by atoms with Crippen molar-refractivity contribution in [3.63, 3.8) is 0 Å². The molecule has 0 fully saturated rings. The number of carbonyl (C=O) groups excluding carboxylic acids is 1.